The van der Waals surface area contributed by atoms with Crippen LogP contribution in [-0.4, -0.2) is 47.6 Å². The van der Waals surface area contributed by atoms with Gasteiger partial charge in [0.1, 0.15) is 6.04 Å². The Morgan fingerprint density at radius 1 is 1.33 bits per heavy atom. The van der Waals surface area contributed by atoms with E-state index in [0.717, 1.165) is 31.6 Å². The van der Waals surface area contributed by atoms with E-state index in [2.05, 4.69) is 12.2 Å². The highest BCUT2D eigenvalue weighted by atomic mass is 16.4. The second-order valence-corrected chi connectivity index (χ2v) is 5.45. The van der Waals surface area contributed by atoms with Crippen molar-refractivity contribution in [3.63, 3.8) is 0 Å². The maximum absolute atomic E-state index is 11.8. The average Bonchev–Trinajstić information content (AvgIpc) is 2.30. The van der Waals surface area contributed by atoms with Crippen molar-refractivity contribution in [2.45, 2.75) is 51.6 Å². The SMILES string of the molecule is CC1CCC(NC(=O)CN(C)C(C)C(=O)O)CC1. The molecule has 1 atom stereocenters. The number of carbonyl (C=O) groups is 2. The second-order valence-electron chi connectivity index (χ2n) is 5.45. The van der Waals surface area contributed by atoms with Crippen molar-refractivity contribution in [1.82, 2.24) is 10.2 Å². The van der Waals surface area contributed by atoms with Gasteiger partial charge in [-0.05, 0) is 45.6 Å². The number of rotatable bonds is 5. The van der Waals surface area contributed by atoms with Crippen molar-refractivity contribution in [3.8, 4) is 0 Å². The maximum atomic E-state index is 11.8. The van der Waals surface area contributed by atoms with Gasteiger partial charge in [0.05, 0.1) is 6.54 Å². The standard InChI is InChI=1S/C13H24N2O3/c1-9-4-6-11(7-5-9)14-12(16)8-15(3)10(2)13(17)18/h9-11H,4-8H2,1-3H3,(H,14,16)(H,17,18). The van der Waals surface area contributed by atoms with Crippen molar-refractivity contribution in [1.29, 1.82) is 0 Å². The first-order valence-corrected chi connectivity index (χ1v) is 6.62. The predicted octanol–water partition coefficient (Wildman–Crippen LogP) is 1.09. The lowest BCUT2D eigenvalue weighted by Crippen LogP contribution is -2.46. The first kappa shape index (κ1) is 15.0. The van der Waals surface area contributed by atoms with E-state index in [1.165, 1.54) is 0 Å². The van der Waals surface area contributed by atoms with Gasteiger partial charge in [-0.15, -0.1) is 0 Å². The van der Waals surface area contributed by atoms with Crippen LogP contribution in [0.5, 0.6) is 0 Å². The van der Waals surface area contributed by atoms with Crippen molar-refractivity contribution in [2.75, 3.05) is 13.6 Å². The van der Waals surface area contributed by atoms with Crippen LogP contribution in [0.15, 0.2) is 0 Å². The largest absolute Gasteiger partial charge is 0.480 e. The summed E-state index contributed by atoms with van der Waals surface area (Å²) in [6.07, 6.45) is 4.38. The third-order valence-electron chi connectivity index (χ3n) is 3.79. The number of nitrogens with one attached hydrogen (secondary N) is 1. The van der Waals surface area contributed by atoms with E-state index in [1.807, 2.05) is 0 Å². The van der Waals surface area contributed by atoms with E-state index in [0.29, 0.717) is 0 Å². The van der Waals surface area contributed by atoms with Crippen LogP contribution in [0, 0.1) is 5.92 Å². The lowest BCUT2D eigenvalue weighted by Gasteiger charge is -2.28. The molecule has 1 amide bonds. The number of hydrogen-bond donors (Lipinski definition) is 2. The summed E-state index contributed by atoms with van der Waals surface area (Å²) in [5, 5.41) is 11.8. The Bertz CT molecular complexity index is 299. The second kappa shape index (κ2) is 6.73. The molecule has 1 unspecified atom stereocenters. The van der Waals surface area contributed by atoms with E-state index < -0.39 is 12.0 Å². The molecule has 0 aliphatic heterocycles. The lowest BCUT2D eigenvalue weighted by atomic mass is 9.87. The molecular formula is C13H24N2O3. The quantitative estimate of drug-likeness (QED) is 0.772. The number of amides is 1. The number of nitrogens with zero attached hydrogens (tertiary/aromatic N) is 1. The summed E-state index contributed by atoms with van der Waals surface area (Å²) in [7, 11) is 1.65. The molecule has 0 spiro atoms. The van der Waals surface area contributed by atoms with Gasteiger partial charge in [-0.1, -0.05) is 6.92 Å². The van der Waals surface area contributed by atoms with Crippen LogP contribution in [0.2, 0.25) is 0 Å². The van der Waals surface area contributed by atoms with Gasteiger partial charge in [-0.25, -0.2) is 0 Å². The summed E-state index contributed by atoms with van der Waals surface area (Å²) in [6.45, 7) is 3.96. The molecule has 5 nitrogen and oxygen atoms in total. The molecule has 1 rings (SSSR count). The minimum Gasteiger partial charge on any atom is -0.480 e. The third-order valence-corrected chi connectivity index (χ3v) is 3.79. The number of carbonyl (C=O) groups excluding carboxylic acids is 1. The Morgan fingerprint density at radius 2 is 1.89 bits per heavy atom. The molecule has 1 fully saturated rings. The molecule has 1 aliphatic carbocycles. The predicted molar refractivity (Wildman–Crippen MR) is 69.3 cm³/mol. The Morgan fingerprint density at radius 3 is 2.39 bits per heavy atom. The van der Waals surface area contributed by atoms with E-state index in [-0.39, 0.29) is 18.5 Å². The van der Waals surface area contributed by atoms with Crippen LogP contribution >= 0.6 is 0 Å². The molecule has 0 saturated heterocycles. The van der Waals surface area contributed by atoms with Gasteiger partial charge in [0.15, 0.2) is 0 Å². The Kier molecular flexibility index (Phi) is 5.59. The molecule has 104 valence electrons. The lowest BCUT2D eigenvalue weighted by molar-refractivity contribution is -0.142. The fourth-order valence-electron chi connectivity index (χ4n) is 2.23. The summed E-state index contributed by atoms with van der Waals surface area (Å²) in [6, 6.07) is -0.371. The molecule has 5 heteroatoms. The minimum atomic E-state index is -0.906. The van der Waals surface area contributed by atoms with Crippen LogP contribution in [0.3, 0.4) is 0 Å². The number of carboxylic acid groups (broad SMARTS) is 1. The Labute approximate surface area is 109 Å². The highest BCUT2D eigenvalue weighted by Gasteiger charge is 2.22. The normalized spacial score (nSPS) is 25.8. The zero-order valence-corrected chi connectivity index (χ0v) is 11.5. The Balaban J connectivity index is 2.31. The number of carboxylic acids is 1. The fourth-order valence-corrected chi connectivity index (χ4v) is 2.23. The zero-order valence-electron chi connectivity index (χ0n) is 11.5. The topological polar surface area (TPSA) is 69.6 Å². The highest BCUT2D eigenvalue weighted by Crippen LogP contribution is 2.23. The van der Waals surface area contributed by atoms with Gasteiger partial charge >= 0.3 is 5.97 Å². The van der Waals surface area contributed by atoms with Crippen LogP contribution < -0.4 is 5.32 Å². The van der Waals surface area contributed by atoms with Crippen LogP contribution in [-0.2, 0) is 9.59 Å². The van der Waals surface area contributed by atoms with Crippen molar-refractivity contribution >= 4 is 11.9 Å². The fraction of sp³-hybridized carbons (Fsp3) is 0.846. The van der Waals surface area contributed by atoms with Crippen LogP contribution in [0.25, 0.3) is 0 Å². The smallest absolute Gasteiger partial charge is 0.320 e. The molecule has 0 heterocycles. The van der Waals surface area contributed by atoms with E-state index >= 15 is 0 Å². The number of hydrogen-bond acceptors (Lipinski definition) is 3. The van der Waals surface area contributed by atoms with Crippen LogP contribution in [0.1, 0.15) is 39.5 Å². The number of likely N-dealkylation sites (N-methyl/N-ethyl adjacent to an activating group) is 1. The van der Waals surface area contributed by atoms with Gasteiger partial charge < -0.3 is 10.4 Å². The van der Waals surface area contributed by atoms with Crippen molar-refractivity contribution < 1.29 is 14.7 Å². The van der Waals surface area contributed by atoms with Crippen LogP contribution in [0.4, 0.5) is 0 Å². The molecule has 0 aromatic carbocycles. The highest BCUT2D eigenvalue weighted by molar-refractivity contribution is 5.80. The molecule has 18 heavy (non-hydrogen) atoms. The van der Waals surface area contributed by atoms with E-state index in [9.17, 15) is 9.59 Å². The molecule has 0 aromatic rings. The van der Waals surface area contributed by atoms with Crippen molar-refractivity contribution in [3.05, 3.63) is 0 Å². The van der Waals surface area contributed by atoms with Gasteiger partial charge in [-0.3, -0.25) is 14.5 Å². The summed E-state index contributed by atoms with van der Waals surface area (Å²) in [4.78, 5) is 24.1. The summed E-state index contributed by atoms with van der Waals surface area (Å²) >= 11 is 0. The maximum Gasteiger partial charge on any atom is 0.320 e. The summed E-state index contributed by atoms with van der Waals surface area (Å²) < 4.78 is 0. The average molecular weight is 256 g/mol. The van der Waals surface area contributed by atoms with E-state index in [4.69, 9.17) is 5.11 Å². The molecule has 0 radical (unpaired) electrons. The first-order valence-electron chi connectivity index (χ1n) is 6.62. The van der Waals surface area contributed by atoms with Crippen molar-refractivity contribution in [2.24, 2.45) is 5.92 Å². The summed E-state index contributed by atoms with van der Waals surface area (Å²) in [5.41, 5.74) is 0. The minimum absolute atomic E-state index is 0.0786. The van der Waals surface area contributed by atoms with Gasteiger partial charge in [0.25, 0.3) is 0 Å². The molecule has 1 aliphatic rings. The third kappa shape index (κ3) is 4.64. The molecular weight excluding hydrogens is 232 g/mol. The Hall–Kier alpha value is -1.10. The molecule has 2 N–H and O–H groups in total. The van der Waals surface area contributed by atoms with E-state index in [1.54, 1.807) is 18.9 Å². The molecule has 0 bridgehead atoms. The number of aliphatic carboxylic acids is 1. The molecule has 0 aromatic heterocycles. The molecule has 1 saturated carbocycles. The van der Waals surface area contributed by atoms with Gasteiger partial charge in [0, 0.05) is 6.04 Å². The zero-order chi connectivity index (χ0) is 13.7. The van der Waals surface area contributed by atoms with Gasteiger partial charge in [-0.2, -0.15) is 0 Å². The van der Waals surface area contributed by atoms with Gasteiger partial charge in [0.2, 0.25) is 5.91 Å². The monoisotopic (exact) mass is 256 g/mol. The first-order chi connectivity index (χ1) is 8.40. The summed E-state index contributed by atoms with van der Waals surface area (Å²) in [5.74, 6) is -0.227.